The van der Waals surface area contributed by atoms with Crippen molar-refractivity contribution in [2.75, 3.05) is 26.4 Å². The smallest absolute Gasteiger partial charge is 0.0830 e. The van der Waals surface area contributed by atoms with Crippen molar-refractivity contribution >= 4 is 0 Å². The van der Waals surface area contributed by atoms with Crippen LogP contribution >= 0.6 is 0 Å². The van der Waals surface area contributed by atoms with Crippen molar-refractivity contribution in [3.63, 3.8) is 0 Å². The number of hydrogen-bond donors (Lipinski definition) is 2. The minimum atomic E-state index is 0.297. The summed E-state index contributed by atoms with van der Waals surface area (Å²) >= 11 is 0. The Labute approximate surface area is 130 Å². The standard InChI is InChI=1S/C15H23N5O2/c1-20-10-13(9-18-20)15-12(8-17-19-15)7-16-4-2-5-22-14-3-6-21-11-14/h8-10,14,16H,2-7,11H2,1H3,(H,17,19). The van der Waals surface area contributed by atoms with Crippen molar-refractivity contribution in [1.29, 1.82) is 0 Å². The highest BCUT2D eigenvalue weighted by molar-refractivity contribution is 5.60. The molecule has 0 aromatic carbocycles. The van der Waals surface area contributed by atoms with Crippen LogP contribution in [0.2, 0.25) is 0 Å². The molecule has 0 spiro atoms. The molecule has 1 aliphatic heterocycles. The van der Waals surface area contributed by atoms with Gasteiger partial charge in [-0.2, -0.15) is 10.2 Å². The molecule has 2 aromatic heterocycles. The second kappa shape index (κ2) is 7.53. The molecule has 1 fully saturated rings. The fourth-order valence-corrected chi connectivity index (χ4v) is 2.56. The lowest BCUT2D eigenvalue weighted by atomic mass is 10.1. The molecule has 0 saturated carbocycles. The van der Waals surface area contributed by atoms with Crippen LogP contribution in [-0.4, -0.2) is 52.4 Å². The second-order valence-corrected chi connectivity index (χ2v) is 5.56. The zero-order valence-electron chi connectivity index (χ0n) is 12.9. The number of aromatic nitrogens is 4. The highest BCUT2D eigenvalue weighted by atomic mass is 16.5. The Morgan fingerprint density at radius 1 is 1.50 bits per heavy atom. The predicted octanol–water partition coefficient (Wildman–Crippen LogP) is 1.10. The zero-order valence-corrected chi connectivity index (χ0v) is 12.9. The van der Waals surface area contributed by atoms with Crippen LogP contribution in [-0.2, 0) is 23.1 Å². The fraction of sp³-hybridized carbons (Fsp3) is 0.600. The third-order valence-corrected chi connectivity index (χ3v) is 3.77. The van der Waals surface area contributed by atoms with Gasteiger partial charge in [-0.15, -0.1) is 0 Å². The van der Waals surface area contributed by atoms with E-state index in [1.54, 1.807) is 4.68 Å². The molecule has 22 heavy (non-hydrogen) atoms. The second-order valence-electron chi connectivity index (χ2n) is 5.56. The van der Waals surface area contributed by atoms with Crippen LogP contribution < -0.4 is 5.32 Å². The quantitative estimate of drug-likeness (QED) is 0.714. The Balaban J connectivity index is 1.38. The molecule has 3 rings (SSSR count). The summed E-state index contributed by atoms with van der Waals surface area (Å²) in [6, 6.07) is 0. The summed E-state index contributed by atoms with van der Waals surface area (Å²) in [5.41, 5.74) is 3.24. The fourth-order valence-electron chi connectivity index (χ4n) is 2.56. The Bertz CT molecular complexity index is 574. The number of nitrogens with zero attached hydrogens (tertiary/aromatic N) is 3. The average molecular weight is 305 g/mol. The number of H-pyrrole nitrogens is 1. The van der Waals surface area contributed by atoms with E-state index in [2.05, 4.69) is 20.6 Å². The van der Waals surface area contributed by atoms with Crippen LogP contribution in [0.25, 0.3) is 11.3 Å². The van der Waals surface area contributed by atoms with Crippen molar-refractivity contribution < 1.29 is 9.47 Å². The van der Waals surface area contributed by atoms with E-state index in [-0.39, 0.29) is 0 Å². The molecular weight excluding hydrogens is 282 g/mol. The highest BCUT2D eigenvalue weighted by Gasteiger charge is 2.15. The first kappa shape index (κ1) is 15.2. The van der Waals surface area contributed by atoms with Gasteiger partial charge in [0.1, 0.15) is 0 Å². The van der Waals surface area contributed by atoms with Crippen molar-refractivity contribution in [1.82, 2.24) is 25.3 Å². The summed E-state index contributed by atoms with van der Waals surface area (Å²) in [5.74, 6) is 0. The van der Waals surface area contributed by atoms with Gasteiger partial charge in [0.15, 0.2) is 0 Å². The van der Waals surface area contributed by atoms with Gasteiger partial charge >= 0.3 is 0 Å². The van der Waals surface area contributed by atoms with E-state index in [1.807, 2.05) is 25.6 Å². The van der Waals surface area contributed by atoms with Gasteiger partial charge in [0.25, 0.3) is 0 Å². The van der Waals surface area contributed by atoms with Crippen LogP contribution in [0.4, 0.5) is 0 Å². The number of aryl methyl sites for hydroxylation is 1. The third kappa shape index (κ3) is 3.94. The number of rotatable bonds is 8. The molecule has 0 aliphatic carbocycles. The van der Waals surface area contributed by atoms with Crippen LogP contribution in [0.3, 0.4) is 0 Å². The minimum Gasteiger partial charge on any atom is -0.379 e. The Kier molecular flexibility index (Phi) is 5.20. The maximum atomic E-state index is 5.74. The van der Waals surface area contributed by atoms with E-state index in [0.717, 1.165) is 62.6 Å². The van der Waals surface area contributed by atoms with E-state index in [1.165, 1.54) is 0 Å². The molecule has 120 valence electrons. The molecule has 1 saturated heterocycles. The van der Waals surface area contributed by atoms with Crippen LogP contribution in [0.5, 0.6) is 0 Å². The lowest BCUT2D eigenvalue weighted by Gasteiger charge is -2.10. The van der Waals surface area contributed by atoms with Crippen molar-refractivity contribution in [2.45, 2.75) is 25.5 Å². The summed E-state index contributed by atoms with van der Waals surface area (Å²) < 4.78 is 12.8. The SMILES string of the molecule is Cn1cc(-c2[nH]ncc2CNCCCOC2CCOC2)cn1. The molecule has 0 bridgehead atoms. The summed E-state index contributed by atoms with van der Waals surface area (Å²) in [6.07, 6.45) is 8.00. The topological polar surface area (TPSA) is 77.0 Å². The minimum absolute atomic E-state index is 0.297. The number of aromatic amines is 1. The molecule has 0 amide bonds. The summed E-state index contributed by atoms with van der Waals surface area (Å²) in [4.78, 5) is 0. The largest absolute Gasteiger partial charge is 0.379 e. The predicted molar refractivity (Wildman–Crippen MR) is 82.3 cm³/mol. The van der Waals surface area contributed by atoms with E-state index < -0.39 is 0 Å². The maximum absolute atomic E-state index is 5.74. The number of nitrogens with one attached hydrogen (secondary N) is 2. The molecule has 1 atom stereocenters. The summed E-state index contributed by atoms with van der Waals surface area (Å²) in [5, 5.41) is 14.8. The van der Waals surface area contributed by atoms with Crippen LogP contribution in [0, 0.1) is 0 Å². The maximum Gasteiger partial charge on any atom is 0.0830 e. The van der Waals surface area contributed by atoms with Gasteiger partial charge in [0.05, 0.1) is 30.8 Å². The van der Waals surface area contributed by atoms with Gasteiger partial charge in [-0.3, -0.25) is 9.78 Å². The van der Waals surface area contributed by atoms with Gasteiger partial charge < -0.3 is 14.8 Å². The van der Waals surface area contributed by atoms with Gasteiger partial charge in [0, 0.05) is 44.1 Å². The van der Waals surface area contributed by atoms with Crippen molar-refractivity contribution in [2.24, 2.45) is 7.05 Å². The molecule has 1 unspecified atom stereocenters. The average Bonchev–Trinajstić information content (AvgIpc) is 3.24. The molecule has 2 aromatic rings. The number of ether oxygens (including phenoxy) is 2. The molecule has 7 heteroatoms. The number of hydrogen-bond acceptors (Lipinski definition) is 5. The van der Waals surface area contributed by atoms with E-state index in [0.29, 0.717) is 6.10 Å². The molecule has 3 heterocycles. The van der Waals surface area contributed by atoms with Crippen molar-refractivity contribution in [3.05, 3.63) is 24.2 Å². The molecule has 7 nitrogen and oxygen atoms in total. The normalized spacial score (nSPS) is 18.1. The van der Waals surface area contributed by atoms with Gasteiger partial charge in [0.2, 0.25) is 0 Å². The summed E-state index contributed by atoms with van der Waals surface area (Å²) in [6.45, 7) is 4.07. The van der Waals surface area contributed by atoms with E-state index in [9.17, 15) is 0 Å². The van der Waals surface area contributed by atoms with E-state index in [4.69, 9.17) is 9.47 Å². The first-order valence-electron chi connectivity index (χ1n) is 7.74. The molecular formula is C15H23N5O2. The molecule has 2 N–H and O–H groups in total. The van der Waals surface area contributed by atoms with Gasteiger partial charge in [-0.05, 0) is 19.4 Å². The van der Waals surface area contributed by atoms with Gasteiger partial charge in [-0.25, -0.2) is 0 Å². The third-order valence-electron chi connectivity index (χ3n) is 3.77. The first-order chi connectivity index (χ1) is 10.8. The highest BCUT2D eigenvalue weighted by Crippen LogP contribution is 2.19. The lowest BCUT2D eigenvalue weighted by Crippen LogP contribution is -2.19. The monoisotopic (exact) mass is 305 g/mol. The first-order valence-corrected chi connectivity index (χ1v) is 7.74. The Morgan fingerprint density at radius 3 is 3.23 bits per heavy atom. The van der Waals surface area contributed by atoms with E-state index >= 15 is 0 Å². The van der Waals surface area contributed by atoms with Crippen LogP contribution in [0.15, 0.2) is 18.6 Å². The zero-order chi connectivity index (χ0) is 15.2. The van der Waals surface area contributed by atoms with Crippen molar-refractivity contribution in [3.8, 4) is 11.3 Å². The summed E-state index contributed by atoms with van der Waals surface area (Å²) in [7, 11) is 1.91. The Hall–Kier alpha value is -1.70. The van der Waals surface area contributed by atoms with Gasteiger partial charge in [-0.1, -0.05) is 0 Å². The Morgan fingerprint density at radius 2 is 2.45 bits per heavy atom. The van der Waals surface area contributed by atoms with Crippen LogP contribution in [0.1, 0.15) is 18.4 Å². The molecule has 0 radical (unpaired) electrons. The molecule has 1 aliphatic rings. The lowest BCUT2D eigenvalue weighted by molar-refractivity contribution is 0.0416.